The highest BCUT2D eigenvalue weighted by atomic mass is 16.4. The first-order valence-corrected chi connectivity index (χ1v) is 3.38. The van der Waals surface area contributed by atoms with Crippen LogP contribution in [0.1, 0.15) is 5.56 Å². The van der Waals surface area contributed by atoms with Crippen LogP contribution in [0, 0.1) is 0 Å². The Morgan fingerprint density at radius 1 is 1.50 bits per heavy atom. The largest absolute Gasteiger partial charge is 0.477 e. The Bertz CT molecular complexity index is 371. The predicted molar refractivity (Wildman–Crippen MR) is 41.6 cm³/mol. The van der Waals surface area contributed by atoms with Crippen LogP contribution in [-0.2, 0) is 4.79 Å². The van der Waals surface area contributed by atoms with Gasteiger partial charge in [0.15, 0.2) is 0 Å². The molecule has 59 valence electrons. The van der Waals surface area contributed by atoms with E-state index in [0.717, 1.165) is 5.56 Å². The molecule has 1 aromatic rings. The average molecular weight is 161 g/mol. The van der Waals surface area contributed by atoms with Gasteiger partial charge >= 0.3 is 5.97 Å². The quantitative estimate of drug-likeness (QED) is 0.661. The lowest BCUT2D eigenvalue weighted by Crippen LogP contribution is -2.04. The van der Waals surface area contributed by atoms with Crippen molar-refractivity contribution in [1.82, 2.24) is 10.3 Å². The number of hydrogen-bond donors (Lipinski definition) is 1. The number of nitrogens with zero attached hydrogens (tertiary/aromatic N) is 2. The summed E-state index contributed by atoms with van der Waals surface area (Å²) >= 11 is 0. The van der Waals surface area contributed by atoms with Gasteiger partial charge in [-0.1, -0.05) is 0 Å². The van der Waals surface area contributed by atoms with Gasteiger partial charge in [-0.15, -0.1) is 0 Å². The van der Waals surface area contributed by atoms with Gasteiger partial charge in [-0.25, -0.2) is 10.1 Å². The summed E-state index contributed by atoms with van der Waals surface area (Å²) in [6, 6.07) is 1.68. The molecular weight excluding hydrogens is 156 g/mol. The van der Waals surface area contributed by atoms with Gasteiger partial charge in [0.05, 0.1) is 5.69 Å². The third kappa shape index (κ3) is 0.934. The van der Waals surface area contributed by atoms with Crippen molar-refractivity contribution in [3.63, 3.8) is 0 Å². The van der Waals surface area contributed by atoms with Crippen molar-refractivity contribution in [2.24, 2.45) is 0 Å². The van der Waals surface area contributed by atoms with E-state index in [1.807, 2.05) is 0 Å². The minimum absolute atomic E-state index is 0.0676. The van der Waals surface area contributed by atoms with E-state index in [1.165, 1.54) is 6.08 Å². The number of carbonyl (C=O) groups is 1. The number of rotatable bonds is 1. The van der Waals surface area contributed by atoms with Gasteiger partial charge in [-0.3, -0.25) is 4.98 Å². The average Bonchev–Trinajstić information content (AvgIpc) is 2.46. The zero-order valence-corrected chi connectivity index (χ0v) is 6.06. The fourth-order valence-electron chi connectivity index (χ4n) is 1.03. The predicted octanol–water partition coefficient (Wildman–Crippen LogP) is 0.757. The smallest absolute Gasteiger partial charge is 0.354 e. The van der Waals surface area contributed by atoms with Gasteiger partial charge in [0, 0.05) is 18.0 Å². The summed E-state index contributed by atoms with van der Waals surface area (Å²) in [5.74, 6) is -1.01. The van der Waals surface area contributed by atoms with E-state index in [0.29, 0.717) is 5.69 Å². The summed E-state index contributed by atoms with van der Waals surface area (Å²) in [6.45, 7) is 0. The molecule has 0 bridgehead atoms. The summed E-state index contributed by atoms with van der Waals surface area (Å²) in [4.78, 5) is 14.3. The van der Waals surface area contributed by atoms with E-state index >= 15 is 0 Å². The Morgan fingerprint density at radius 3 is 3.00 bits per heavy atom. The van der Waals surface area contributed by atoms with Gasteiger partial charge in [0.25, 0.3) is 0 Å². The second-order valence-corrected chi connectivity index (χ2v) is 2.38. The number of fused-ring (bicyclic) bond motifs is 1. The molecule has 0 saturated carbocycles. The van der Waals surface area contributed by atoms with Crippen LogP contribution in [-0.4, -0.2) is 16.1 Å². The molecule has 4 nitrogen and oxygen atoms in total. The van der Waals surface area contributed by atoms with Gasteiger partial charge < -0.3 is 5.11 Å². The van der Waals surface area contributed by atoms with Crippen LogP contribution in [0.2, 0.25) is 0 Å². The zero-order chi connectivity index (χ0) is 8.55. The molecule has 1 radical (unpaired) electrons. The van der Waals surface area contributed by atoms with Crippen LogP contribution in [0.15, 0.2) is 24.2 Å². The topological polar surface area (TPSA) is 64.3 Å². The van der Waals surface area contributed by atoms with Crippen LogP contribution in [0.5, 0.6) is 0 Å². The third-order valence-electron chi connectivity index (χ3n) is 1.58. The van der Waals surface area contributed by atoms with Gasteiger partial charge in [-0.05, 0) is 12.1 Å². The van der Waals surface area contributed by atoms with E-state index in [4.69, 9.17) is 5.11 Å². The number of carboxylic acids is 1. The van der Waals surface area contributed by atoms with Crippen LogP contribution in [0.4, 0.5) is 5.69 Å². The molecule has 2 rings (SSSR count). The van der Waals surface area contributed by atoms with Crippen LogP contribution < -0.4 is 5.32 Å². The van der Waals surface area contributed by atoms with Crippen molar-refractivity contribution >= 4 is 17.7 Å². The lowest BCUT2D eigenvalue weighted by atomic mass is 10.2. The standard InChI is InChI=1S/C8H5N2O2/c11-8(12)7-3-5-4-9-2-1-6(5)10-7/h1-4H,(H,11,12). The van der Waals surface area contributed by atoms with E-state index in [-0.39, 0.29) is 5.70 Å². The molecule has 1 N–H and O–H groups in total. The van der Waals surface area contributed by atoms with Gasteiger partial charge in [0.1, 0.15) is 5.70 Å². The lowest BCUT2D eigenvalue weighted by molar-refractivity contribution is -0.132. The molecule has 1 aliphatic heterocycles. The Morgan fingerprint density at radius 2 is 2.33 bits per heavy atom. The molecule has 4 heteroatoms. The van der Waals surface area contributed by atoms with Crippen molar-refractivity contribution in [2.45, 2.75) is 0 Å². The normalized spacial score (nSPS) is 13.2. The summed E-state index contributed by atoms with van der Waals surface area (Å²) < 4.78 is 0. The maximum absolute atomic E-state index is 10.5. The minimum Gasteiger partial charge on any atom is -0.477 e. The molecule has 0 saturated heterocycles. The van der Waals surface area contributed by atoms with Crippen LogP contribution in [0.3, 0.4) is 0 Å². The molecule has 0 aromatic carbocycles. The van der Waals surface area contributed by atoms with Crippen molar-refractivity contribution in [3.05, 3.63) is 29.7 Å². The van der Waals surface area contributed by atoms with Crippen molar-refractivity contribution < 1.29 is 9.90 Å². The summed E-state index contributed by atoms with van der Waals surface area (Å²) in [7, 11) is 0. The molecular formula is C8H5N2O2. The highest BCUT2D eigenvalue weighted by Crippen LogP contribution is 2.25. The highest BCUT2D eigenvalue weighted by molar-refractivity contribution is 5.96. The molecule has 1 aromatic heterocycles. The molecule has 0 aliphatic carbocycles. The fourth-order valence-corrected chi connectivity index (χ4v) is 1.03. The fraction of sp³-hybridized carbons (Fsp3) is 0. The molecule has 0 fully saturated rings. The first kappa shape index (κ1) is 6.84. The first-order valence-electron chi connectivity index (χ1n) is 3.38. The number of carboxylic acid groups (broad SMARTS) is 1. The van der Waals surface area contributed by atoms with E-state index in [9.17, 15) is 4.79 Å². The van der Waals surface area contributed by atoms with E-state index in [1.54, 1.807) is 18.5 Å². The molecule has 2 heterocycles. The zero-order valence-electron chi connectivity index (χ0n) is 6.06. The van der Waals surface area contributed by atoms with Gasteiger partial charge in [-0.2, -0.15) is 0 Å². The molecule has 1 aliphatic rings. The number of pyridine rings is 1. The highest BCUT2D eigenvalue weighted by Gasteiger charge is 2.18. The van der Waals surface area contributed by atoms with Crippen molar-refractivity contribution in [3.8, 4) is 0 Å². The Labute approximate surface area is 68.6 Å². The molecule has 0 amide bonds. The minimum atomic E-state index is -1.01. The van der Waals surface area contributed by atoms with Crippen LogP contribution in [0.25, 0.3) is 6.08 Å². The molecule has 0 atom stereocenters. The lowest BCUT2D eigenvalue weighted by Gasteiger charge is -1.94. The van der Waals surface area contributed by atoms with Crippen molar-refractivity contribution in [1.29, 1.82) is 0 Å². The van der Waals surface area contributed by atoms with Gasteiger partial charge in [0.2, 0.25) is 0 Å². The summed E-state index contributed by atoms with van der Waals surface area (Å²) in [5.41, 5.74) is 1.50. The van der Waals surface area contributed by atoms with E-state index in [2.05, 4.69) is 10.3 Å². The second-order valence-electron chi connectivity index (χ2n) is 2.38. The second kappa shape index (κ2) is 2.34. The number of hydrogen-bond acceptors (Lipinski definition) is 2. The Balaban J connectivity index is 2.41. The third-order valence-corrected chi connectivity index (χ3v) is 1.58. The molecule has 0 spiro atoms. The first-order chi connectivity index (χ1) is 5.77. The Kier molecular flexibility index (Phi) is 1.33. The number of aromatic nitrogens is 1. The Hall–Kier alpha value is -1.84. The van der Waals surface area contributed by atoms with Crippen LogP contribution >= 0.6 is 0 Å². The molecule has 0 unspecified atom stereocenters. The maximum Gasteiger partial charge on any atom is 0.354 e. The number of aliphatic carboxylic acids is 1. The summed E-state index contributed by atoms with van der Waals surface area (Å²) in [5, 5.41) is 12.5. The van der Waals surface area contributed by atoms with Crippen molar-refractivity contribution in [2.75, 3.05) is 0 Å². The summed E-state index contributed by atoms with van der Waals surface area (Å²) in [6.07, 6.45) is 4.68. The SMILES string of the molecule is O=C(O)C1=Cc2cnccc2[N]1. The monoisotopic (exact) mass is 161 g/mol. The van der Waals surface area contributed by atoms with E-state index < -0.39 is 5.97 Å². The maximum atomic E-state index is 10.5. The molecule has 12 heavy (non-hydrogen) atoms.